The van der Waals surface area contributed by atoms with E-state index in [0.29, 0.717) is 0 Å². The molecule has 0 saturated carbocycles. The van der Waals surface area contributed by atoms with Crippen LogP contribution in [0.1, 0.15) is 26.7 Å². The van der Waals surface area contributed by atoms with Crippen molar-refractivity contribution in [1.29, 1.82) is 0 Å². The average molecular weight is 167 g/mol. The second-order valence-corrected chi connectivity index (χ2v) is 2.44. The van der Waals surface area contributed by atoms with Crippen molar-refractivity contribution in [3.63, 3.8) is 0 Å². The number of allylic oxidation sites excluding steroid dienone is 2. The summed E-state index contributed by atoms with van der Waals surface area (Å²) in [5, 5.41) is 2.99. The maximum atomic E-state index is 5.05. The van der Waals surface area contributed by atoms with E-state index in [0.717, 1.165) is 24.3 Å². The average Bonchev–Trinajstić information content (AvgIpc) is 2.11. The Labute approximate surface area is 75.0 Å². The third-order valence-electron chi connectivity index (χ3n) is 1.50. The highest BCUT2D eigenvalue weighted by molar-refractivity contribution is 5.28. The second kappa shape index (κ2) is 6.60. The SMILES string of the molecule is CCCC#C/C(NC)=C(/C)OC. The minimum Gasteiger partial charge on any atom is -0.499 e. The zero-order valence-electron chi connectivity index (χ0n) is 8.32. The van der Waals surface area contributed by atoms with E-state index in [1.165, 1.54) is 0 Å². The fourth-order valence-electron chi connectivity index (χ4n) is 0.704. The van der Waals surface area contributed by atoms with Gasteiger partial charge in [0, 0.05) is 13.5 Å². The molecule has 0 unspecified atom stereocenters. The number of nitrogens with one attached hydrogen (secondary N) is 1. The Kier molecular flexibility index (Phi) is 6.00. The van der Waals surface area contributed by atoms with E-state index in [2.05, 4.69) is 24.1 Å². The first kappa shape index (κ1) is 10.9. The summed E-state index contributed by atoms with van der Waals surface area (Å²) in [7, 11) is 3.49. The Bertz CT molecular complexity index is 208. The van der Waals surface area contributed by atoms with Crippen LogP contribution in [0, 0.1) is 11.8 Å². The normalized spacial score (nSPS) is 11.0. The zero-order valence-corrected chi connectivity index (χ0v) is 8.32. The van der Waals surface area contributed by atoms with Gasteiger partial charge < -0.3 is 10.1 Å². The maximum absolute atomic E-state index is 5.05. The molecular formula is C10H17NO. The quantitative estimate of drug-likeness (QED) is 0.512. The molecule has 68 valence electrons. The first-order valence-electron chi connectivity index (χ1n) is 4.17. The molecule has 0 spiro atoms. The third kappa shape index (κ3) is 3.92. The standard InChI is InChI=1S/C10H17NO/c1-5-6-7-8-10(11-3)9(2)12-4/h11H,5-6H2,1-4H3/b10-9+. The van der Waals surface area contributed by atoms with Crippen LogP contribution in [0.5, 0.6) is 0 Å². The molecule has 0 aliphatic heterocycles. The molecule has 0 aliphatic carbocycles. The highest BCUT2D eigenvalue weighted by atomic mass is 16.5. The van der Waals surface area contributed by atoms with Crippen LogP contribution in [0.2, 0.25) is 0 Å². The monoisotopic (exact) mass is 167 g/mol. The van der Waals surface area contributed by atoms with Gasteiger partial charge in [0.25, 0.3) is 0 Å². The smallest absolute Gasteiger partial charge is 0.124 e. The van der Waals surface area contributed by atoms with E-state index in [4.69, 9.17) is 4.74 Å². The lowest BCUT2D eigenvalue weighted by Gasteiger charge is -2.03. The summed E-state index contributed by atoms with van der Waals surface area (Å²) >= 11 is 0. The van der Waals surface area contributed by atoms with E-state index in [9.17, 15) is 0 Å². The van der Waals surface area contributed by atoms with Gasteiger partial charge in [-0.1, -0.05) is 12.8 Å². The fourth-order valence-corrected chi connectivity index (χ4v) is 0.704. The molecule has 0 aromatic rings. The molecule has 0 saturated heterocycles. The molecule has 1 N–H and O–H groups in total. The lowest BCUT2D eigenvalue weighted by atomic mass is 10.3. The molecule has 2 heteroatoms. The molecule has 0 bridgehead atoms. The van der Waals surface area contributed by atoms with Gasteiger partial charge in [0.1, 0.15) is 11.5 Å². The largest absolute Gasteiger partial charge is 0.499 e. The van der Waals surface area contributed by atoms with Crippen molar-refractivity contribution < 1.29 is 4.74 Å². The van der Waals surface area contributed by atoms with Crippen molar-refractivity contribution in [3.05, 3.63) is 11.5 Å². The van der Waals surface area contributed by atoms with Crippen molar-refractivity contribution in [2.75, 3.05) is 14.2 Å². The van der Waals surface area contributed by atoms with Crippen molar-refractivity contribution in [1.82, 2.24) is 5.32 Å². The summed E-state index contributed by atoms with van der Waals surface area (Å²) in [6.07, 6.45) is 2.03. The van der Waals surface area contributed by atoms with Gasteiger partial charge in [0.05, 0.1) is 7.11 Å². The second-order valence-electron chi connectivity index (χ2n) is 2.44. The van der Waals surface area contributed by atoms with Gasteiger partial charge in [-0.25, -0.2) is 0 Å². The molecule has 0 heterocycles. The van der Waals surface area contributed by atoms with E-state index >= 15 is 0 Å². The van der Waals surface area contributed by atoms with Crippen LogP contribution in [0.3, 0.4) is 0 Å². The Balaban J connectivity index is 4.29. The molecule has 0 fully saturated rings. The zero-order chi connectivity index (χ0) is 9.40. The number of hydrogen-bond acceptors (Lipinski definition) is 2. The Morgan fingerprint density at radius 2 is 2.17 bits per heavy atom. The first-order valence-corrected chi connectivity index (χ1v) is 4.17. The molecule has 0 radical (unpaired) electrons. The van der Waals surface area contributed by atoms with Crippen LogP contribution in [0.15, 0.2) is 11.5 Å². The Morgan fingerprint density at radius 1 is 1.50 bits per heavy atom. The molecule has 0 atom stereocenters. The van der Waals surface area contributed by atoms with E-state index < -0.39 is 0 Å². The van der Waals surface area contributed by atoms with E-state index in [-0.39, 0.29) is 0 Å². The van der Waals surface area contributed by atoms with Crippen LogP contribution in [-0.4, -0.2) is 14.2 Å². The molecule has 12 heavy (non-hydrogen) atoms. The van der Waals surface area contributed by atoms with Crippen molar-refractivity contribution in [2.24, 2.45) is 0 Å². The number of hydrogen-bond donors (Lipinski definition) is 1. The highest BCUT2D eigenvalue weighted by Gasteiger charge is 1.93. The van der Waals surface area contributed by atoms with Crippen LogP contribution in [-0.2, 0) is 4.74 Å². The van der Waals surface area contributed by atoms with Gasteiger partial charge in [-0.2, -0.15) is 0 Å². The molecule has 0 aromatic carbocycles. The van der Waals surface area contributed by atoms with Crippen LogP contribution >= 0.6 is 0 Å². The Hall–Kier alpha value is -1.10. The Morgan fingerprint density at radius 3 is 2.58 bits per heavy atom. The minimum absolute atomic E-state index is 0.834. The van der Waals surface area contributed by atoms with E-state index in [1.54, 1.807) is 7.11 Å². The van der Waals surface area contributed by atoms with Crippen LogP contribution in [0.4, 0.5) is 0 Å². The third-order valence-corrected chi connectivity index (χ3v) is 1.50. The molecule has 0 aromatic heterocycles. The number of methoxy groups -OCH3 is 1. The summed E-state index contributed by atoms with van der Waals surface area (Å²) in [6, 6.07) is 0. The topological polar surface area (TPSA) is 21.3 Å². The summed E-state index contributed by atoms with van der Waals surface area (Å²) < 4.78 is 5.05. The number of unbranched alkanes of at least 4 members (excludes halogenated alkanes) is 1. The molecular weight excluding hydrogens is 150 g/mol. The summed E-state index contributed by atoms with van der Waals surface area (Å²) in [5.41, 5.74) is 0.867. The molecule has 0 aliphatic rings. The van der Waals surface area contributed by atoms with Gasteiger partial charge >= 0.3 is 0 Å². The summed E-state index contributed by atoms with van der Waals surface area (Å²) in [6.45, 7) is 4.01. The summed E-state index contributed by atoms with van der Waals surface area (Å²) in [4.78, 5) is 0. The van der Waals surface area contributed by atoms with Crippen LogP contribution in [0.25, 0.3) is 0 Å². The van der Waals surface area contributed by atoms with Crippen LogP contribution < -0.4 is 5.32 Å². The molecule has 2 nitrogen and oxygen atoms in total. The van der Waals surface area contributed by atoms with Crippen molar-refractivity contribution in [2.45, 2.75) is 26.7 Å². The van der Waals surface area contributed by atoms with Gasteiger partial charge in [-0.05, 0) is 19.3 Å². The highest BCUT2D eigenvalue weighted by Crippen LogP contribution is 1.98. The predicted molar refractivity (Wildman–Crippen MR) is 51.5 cm³/mol. The minimum atomic E-state index is 0.834. The van der Waals surface area contributed by atoms with E-state index in [1.807, 2.05) is 14.0 Å². The van der Waals surface area contributed by atoms with Gasteiger partial charge in [-0.15, -0.1) is 0 Å². The molecule has 0 rings (SSSR count). The maximum Gasteiger partial charge on any atom is 0.124 e. The van der Waals surface area contributed by atoms with Gasteiger partial charge in [-0.3, -0.25) is 0 Å². The number of ether oxygens (including phenoxy) is 1. The lowest BCUT2D eigenvalue weighted by Crippen LogP contribution is -2.07. The molecule has 0 amide bonds. The first-order chi connectivity index (χ1) is 5.76. The lowest BCUT2D eigenvalue weighted by molar-refractivity contribution is 0.288. The predicted octanol–water partition coefficient (Wildman–Crippen LogP) is 1.89. The van der Waals surface area contributed by atoms with Gasteiger partial charge in [0.15, 0.2) is 0 Å². The van der Waals surface area contributed by atoms with Gasteiger partial charge in [0.2, 0.25) is 0 Å². The van der Waals surface area contributed by atoms with Crippen molar-refractivity contribution >= 4 is 0 Å². The van der Waals surface area contributed by atoms with Crippen molar-refractivity contribution in [3.8, 4) is 11.8 Å². The summed E-state index contributed by atoms with van der Waals surface area (Å²) in [5.74, 6) is 6.90. The fraction of sp³-hybridized carbons (Fsp3) is 0.600. The number of rotatable bonds is 3.